The molecule has 1 N–H and O–H groups in total. The highest BCUT2D eigenvalue weighted by Gasteiger charge is 2.33. The van der Waals surface area contributed by atoms with Gasteiger partial charge in [-0.1, -0.05) is 17.7 Å². The van der Waals surface area contributed by atoms with Crippen molar-refractivity contribution in [2.45, 2.75) is 19.4 Å². The third-order valence-electron chi connectivity index (χ3n) is 3.48. The molecule has 0 unspecified atom stereocenters. The van der Waals surface area contributed by atoms with Gasteiger partial charge in [0.1, 0.15) is 5.82 Å². The van der Waals surface area contributed by atoms with Crippen molar-refractivity contribution < 1.29 is 4.39 Å². The Kier molecular flexibility index (Phi) is 3.71. The molecule has 0 aromatic heterocycles. The van der Waals surface area contributed by atoms with Crippen molar-refractivity contribution in [2.75, 3.05) is 26.2 Å². The quantitative estimate of drug-likeness (QED) is 0.875. The first kappa shape index (κ1) is 12.8. The number of piperazine rings is 1. The zero-order valence-corrected chi connectivity index (χ0v) is 11.0. The summed E-state index contributed by atoms with van der Waals surface area (Å²) in [6.07, 6.45) is 0. The molecule has 2 rings (SSSR count). The molecule has 0 aliphatic carbocycles. The summed E-state index contributed by atoms with van der Waals surface area (Å²) in [5.41, 5.74) is 0.230. The van der Waals surface area contributed by atoms with Gasteiger partial charge >= 0.3 is 0 Å². The van der Waals surface area contributed by atoms with E-state index in [0.717, 1.165) is 26.2 Å². The van der Waals surface area contributed by atoms with E-state index in [0.29, 0.717) is 10.6 Å². The van der Waals surface area contributed by atoms with E-state index in [4.69, 9.17) is 11.6 Å². The van der Waals surface area contributed by atoms with Crippen LogP contribution < -0.4 is 5.32 Å². The Morgan fingerprint density at radius 2 is 1.94 bits per heavy atom. The third-order valence-corrected chi connectivity index (χ3v) is 3.80. The minimum atomic E-state index is -0.371. The van der Waals surface area contributed by atoms with E-state index in [-0.39, 0.29) is 11.4 Å². The van der Waals surface area contributed by atoms with Crippen molar-refractivity contribution in [3.8, 4) is 0 Å². The largest absolute Gasteiger partial charge is 0.314 e. The van der Waals surface area contributed by atoms with Crippen molar-refractivity contribution in [1.82, 2.24) is 10.2 Å². The molecule has 0 spiro atoms. The summed E-state index contributed by atoms with van der Waals surface area (Å²) in [5.74, 6) is -0.221. The fraction of sp³-hybridized carbons (Fsp3) is 0.538. The standard InChI is InChI=1S/C13H18ClFN2/c1-13(2,17-8-6-16-7-9-17)12-10(14)4-3-5-11(12)15/h3-5,16H,6-9H2,1-2H3. The highest BCUT2D eigenvalue weighted by Crippen LogP contribution is 2.35. The minimum absolute atomic E-state index is 0.221. The Bertz CT molecular complexity index is 380. The van der Waals surface area contributed by atoms with E-state index in [1.807, 2.05) is 13.8 Å². The first-order chi connectivity index (χ1) is 8.03. The second-order valence-corrected chi connectivity index (χ2v) is 5.30. The first-order valence-electron chi connectivity index (χ1n) is 5.94. The van der Waals surface area contributed by atoms with E-state index in [9.17, 15) is 4.39 Å². The van der Waals surface area contributed by atoms with Gasteiger partial charge in [-0.25, -0.2) is 4.39 Å². The molecule has 1 fully saturated rings. The van der Waals surface area contributed by atoms with Gasteiger partial charge in [-0.05, 0) is 26.0 Å². The molecule has 1 aliphatic rings. The molecule has 0 radical (unpaired) electrons. The summed E-state index contributed by atoms with van der Waals surface area (Å²) in [6, 6.07) is 4.88. The van der Waals surface area contributed by atoms with Crippen LogP contribution in [0.4, 0.5) is 4.39 Å². The lowest BCUT2D eigenvalue weighted by Gasteiger charge is -2.42. The number of halogens is 2. The molecule has 1 aliphatic heterocycles. The molecular weight excluding hydrogens is 239 g/mol. The molecule has 1 heterocycles. The lowest BCUT2D eigenvalue weighted by atomic mass is 9.91. The molecule has 1 saturated heterocycles. The van der Waals surface area contributed by atoms with Gasteiger partial charge in [-0.3, -0.25) is 4.90 Å². The molecule has 2 nitrogen and oxygen atoms in total. The topological polar surface area (TPSA) is 15.3 Å². The van der Waals surface area contributed by atoms with Crippen molar-refractivity contribution in [1.29, 1.82) is 0 Å². The Morgan fingerprint density at radius 1 is 1.29 bits per heavy atom. The average molecular weight is 257 g/mol. The maximum absolute atomic E-state index is 14.0. The monoisotopic (exact) mass is 256 g/mol. The Labute approximate surface area is 107 Å². The van der Waals surface area contributed by atoms with Crippen molar-refractivity contribution in [2.24, 2.45) is 0 Å². The molecule has 0 saturated carbocycles. The molecule has 94 valence electrons. The second-order valence-electron chi connectivity index (χ2n) is 4.89. The van der Waals surface area contributed by atoms with Crippen LogP contribution in [-0.4, -0.2) is 31.1 Å². The zero-order valence-electron chi connectivity index (χ0n) is 10.3. The van der Waals surface area contributed by atoms with Crippen LogP contribution in [0.5, 0.6) is 0 Å². The summed E-state index contributed by atoms with van der Waals surface area (Å²) < 4.78 is 14.0. The molecular formula is C13H18ClFN2. The highest BCUT2D eigenvalue weighted by atomic mass is 35.5. The van der Waals surface area contributed by atoms with Gasteiger partial charge in [-0.15, -0.1) is 0 Å². The van der Waals surface area contributed by atoms with Gasteiger partial charge < -0.3 is 5.32 Å². The molecule has 0 bridgehead atoms. The van der Waals surface area contributed by atoms with Gasteiger partial charge in [0.25, 0.3) is 0 Å². The SMILES string of the molecule is CC(C)(c1c(F)cccc1Cl)N1CCNCC1. The van der Waals surface area contributed by atoms with Crippen LogP contribution in [0.15, 0.2) is 18.2 Å². The summed E-state index contributed by atoms with van der Waals surface area (Å²) in [6.45, 7) is 7.77. The second kappa shape index (κ2) is 4.92. The predicted molar refractivity (Wildman–Crippen MR) is 68.9 cm³/mol. The van der Waals surface area contributed by atoms with Gasteiger partial charge in [0.15, 0.2) is 0 Å². The van der Waals surface area contributed by atoms with E-state index in [1.165, 1.54) is 6.07 Å². The van der Waals surface area contributed by atoms with E-state index < -0.39 is 0 Å². The van der Waals surface area contributed by atoms with Crippen molar-refractivity contribution in [3.05, 3.63) is 34.6 Å². The van der Waals surface area contributed by atoms with Crippen LogP contribution in [0.25, 0.3) is 0 Å². The molecule has 17 heavy (non-hydrogen) atoms. The van der Waals surface area contributed by atoms with Crippen LogP contribution >= 0.6 is 11.6 Å². The molecule has 1 aromatic carbocycles. The van der Waals surface area contributed by atoms with Gasteiger partial charge in [0, 0.05) is 42.3 Å². The van der Waals surface area contributed by atoms with E-state index >= 15 is 0 Å². The zero-order chi connectivity index (χ0) is 12.5. The Hall–Kier alpha value is -0.640. The van der Waals surface area contributed by atoms with Crippen LogP contribution in [0, 0.1) is 5.82 Å². The van der Waals surface area contributed by atoms with Gasteiger partial charge in [0.2, 0.25) is 0 Å². The van der Waals surface area contributed by atoms with Gasteiger partial charge in [-0.2, -0.15) is 0 Å². The summed E-state index contributed by atoms with van der Waals surface area (Å²) in [4.78, 5) is 2.27. The number of hydrogen-bond acceptors (Lipinski definition) is 2. The number of benzene rings is 1. The smallest absolute Gasteiger partial charge is 0.129 e. The maximum Gasteiger partial charge on any atom is 0.129 e. The molecule has 0 atom stereocenters. The minimum Gasteiger partial charge on any atom is -0.314 e. The Balaban J connectivity index is 2.36. The molecule has 4 heteroatoms. The number of hydrogen-bond donors (Lipinski definition) is 1. The summed E-state index contributed by atoms with van der Waals surface area (Å²) >= 11 is 6.15. The van der Waals surface area contributed by atoms with E-state index in [2.05, 4.69) is 10.2 Å². The summed E-state index contributed by atoms with van der Waals surface area (Å²) in [5, 5.41) is 3.81. The van der Waals surface area contributed by atoms with Crippen LogP contribution in [-0.2, 0) is 5.54 Å². The third kappa shape index (κ3) is 2.46. The fourth-order valence-corrected chi connectivity index (χ4v) is 2.86. The van der Waals surface area contributed by atoms with E-state index in [1.54, 1.807) is 12.1 Å². The fourth-order valence-electron chi connectivity index (χ4n) is 2.46. The number of nitrogens with one attached hydrogen (secondary N) is 1. The normalized spacial score (nSPS) is 18.4. The first-order valence-corrected chi connectivity index (χ1v) is 6.31. The highest BCUT2D eigenvalue weighted by molar-refractivity contribution is 6.31. The maximum atomic E-state index is 14.0. The number of rotatable bonds is 2. The van der Waals surface area contributed by atoms with Crippen molar-refractivity contribution >= 4 is 11.6 Å². The average Bonchev–Trinajstić information content (AvgIpc) is 2.29. The Morgan fingerprint density at radius 3 is 2.53 bits per heavy atom. The lowest BCUT2D eigenvalue weighted by molar-refractivity contribution is 0.0993. The lowest BCUT2D eigenvalue weighted by Crippen LogP contribution is -2.52. The summed E-state index contributed by atoms with van der Waals surface area (Å²) in [7, 11) is 0. The van der Waals surface area contributed by atoms with Crippen LogP contribution in [0.3, 0.4) is 0 Å². The molecule has 1 aromatic rings. The van der Waals surface area contributed by atoms with Gasteiger partial charge in [0.05, 0.1) is 0 Å². The molecule has 0 amide bonds. The van der Waals surface area contributed by atoms with Crippen LogP contribution in [0.2, 0.25) is 5.02 Å². The number of nitrogens with zero attached hydrogens (tertiary/aromatic N) is 1. The predicted octanol–water partition coefficient (Wildman–Crippen LogP) is 2.62. The van der Waals surface area contributed by atoms with Crippen LogP contribution in [0.1, 0.15) is 19.4 Å². The van der Waals surface area contributed by atoms with Crippen molar-refractivity contribution in [3.63, 3.8) is 0 Å².